The van der Waals surface area contributed by atoms with Gasteiger partial charge in [0.1, 0.15) is 5.82 Å². The van der Waals surface area contributed by atoms with Crippen LogP contribution >= 0.6 is 0 Å². The molecule has 0 aromatic carbocycles. The molecule has 0 radical (unpaired) electrons. The summed E-state index contributed by atoms with van der Waals surface area (Å²) in [5.74, 6) is 1.22. The minimum atomic E-state index is -0.428. The number of aryl methyl sites for hydroxylation is 1. The second kappa shape index (κ2) is 9.79. The summed E-state index contributed by atoms with van der Waals surface area (Å²) in [4.78, 5) is 17.4. The number of anilines is 2. The van der Waals surface area contributed by atoms with Crippen molar-refractivity contribution in [1.29, 1.82) is 0 Å². The van der Waals surface area contributed by atoms with E-state index in [9.17, 15) is 4.39 Å². The van der Waals surface area contributed by atoms with Gasteiger partial charge >= 0.3 is 0 Å². The minimum Gasteiger partial charge on any atom is -0.349 e. The highest BCUT2D eigenvalue weighted by molar-refractivity contribution is 5.74. The van der Waals surface area contributed by atoms with Gasteiger partial charge in [-0.2, -0.15) is 10.1 Å². The van der Waals surface area contributed by atoms with E-state index < -0.39 is 5.82 Å². The second-order valence-corrected chi connectivity index (χ2v) is 9.76. The highest BCUT2D eigenvalue weighted by Crippen LogP contribution is 2.30. The molecule has 0 aliphatic carbocycles. The molecule has 1 unspecified atom stereocenters. The molecule has 0 spiro atoms. The van der Waals surface area contributed by atoms with E-state index in [-0.39, 0.29) is 5.54 Å². The molecule has 2 aromatic heterocycles. The third kappa shape index (κ3) is 4.97. The standard InChI is InChI=1S/C24H36FN9/c1-16(2)21-17-14-34(11-8-19(17)31-33(21)6)22-18(25)13-27-23(30-22)29-20-7-9-24(26-3,15-28-20)10-12-32(4)5/h7,13,15-16,26H,8-12,14H2,1-6H3,(H,27,29,30). The van der Waals surface area contributed by atoms with Crippen LogP contribution in [0.4, 0.5) is 16.2 Å². The zero-order chi connectivity index (χ0) is 24.5. The van der Waals surface area contributed by atoms with Gasteiger partial charge in [0.25, 0.3) is 0 Å². The third-order valence-electron chi connectivity index (χ3n) is 6.67. The maximum Gasteiger partial charge on any atom is 0.230 e. The van der Waals surface area contributed by atoms with Gasteiger partial charge < -0.3 is 20.4 Å². The molecular weight excluding hydrogens is 433 g/mol. The quantitative estimate of drug-likeness (QED) is 0.615. The van der Waals surface area contributed by atoms with Crippen LogP contribution in [0, 0.1) is 5.82 Å². The van der Waals surface area contributed by atoms with E-state index in [0.717, 1.165) is 31.5 Å². The van der Waals surface area contributed by atoms with Gasteiger partial charge in [-0.3, -0.25) is 4.68 Å². The molecule has 0 bridgehead atoms. The van der Waals surface area contributed by atoms with Crippen LogP contribution in [-0.2, 0) is 20.0 Å². The monoisotopic (exact) mass is 469 g/mol. The number of nitrogens with zero attached hydrogens (tertiary/aromatic N) is 7. The van der Waals surface area contributed by atoms with Crippen LogP contribution in [0.1, 0.15) is 49.6 Å². The molecule has 2 N–H and O–H groups in total. The van der Waals surface area contributed by atoms with Crippen molar-refractivity contribution in [2.75, 3.05) is 44.4 Å². The van der Waals surface area contributed by atoms with Crippen molar-refractivity contribution in [2.24, 2.45) is 12.0 Å². The highest BCUT2D eigenvalue weighted by Gasteiger charge is 2.29. The number of hydrogen-bond acceptors (Lipinski definition) is 8. The van der Waals surface area contributed by atoms with Gasteiger partial charge in [0.2, 0.25) is 5.95 Å². The number of fused-ring (bicyclic) bond motifs is 1. The lowest BCUT2D eigenvalue weighted by atomic mass is 9.91. The van der Waals surface area contributed by atoms with Crippen molar-refractivity contribution >= 4 is 18.0 Å². The lowest BCUT2D eigenvalue weighted by Gasteiger charge is -2.32. The molecule has 9 nitrogen and oxygen atoms in total. The lowest BCUT2D eigenvalue weighted by Crippen LogP contribution is -2.47. The first-order valence-corrected chi connectivity index (χ1v) is 11.9. The molecule has 1 atom stereocenters. The van der Waals surface area contributed by atoms with Crippen LogP contribution in [0.25, 0.3) is 0 Å². The van der Waals surface area contributed by atoms with Gasteiger partial charge in [-0.1, -0.05) is 13.8 Å². The van der Waals surface area contributed by atoms with Crippen molar-refractivity contribution in [3.8, 4) is 0 Å². The second-order valence-electron chi connectivity index (χ2n) is 9.76. The highest BCUT2D eigenvalue weighted by atomic mass is 19.1. The van der Waals surface area contributed by atoms with Gasteiger partial charge in [0.05, 0.1) is 17.4 Å². The summed E-state index contributed by atoms with van der Waals surface area (Å²) in [5, 5.41) is 11.2. The summed E-state index contributed by atoms with van der Waals surface area (Å²) in [6, 6.07) is 0. The number of hydrogen-bond donors (Lipinski definition) is 2. The Hall–Kier alpha value is -2.85. The van der Waals surface area contributed by atoms with E-state index >= 15 is 0 Å². The summed E-state index contributed by atoms with van der Waals surface area (Å²) in [5.41, 5.74) is 3.29. The van der Waals surface area contributed by atoms with Crippen molar-refractivity contribution in [3.05, 3.63) is 40.9 Å². The van der Waals surface area contributed by atoms with E-state index in [0.29, 0.717) is 36.6 Å². The average molecular weight is 470 g/mol. The maximum absolute atomic E-state index is 14.8. The van der Waals surface area contributed by atoms with Crippen LogP contribution in [0.3, 0.4) is 0 Å². The van der Waals surface area contributed by atoms with E-state index in [1.165, 1.54) is 17.5 Å². The van der Waals surface area contributed by atoms with Gasteiger partial charge in [-0.05, 0) is 52.5 Å². The SMILES string of the molecule is CNC1(CCN(C)C)C=NC(Nc2ncc(F)c(N3CCc4nn(C)c(C(C)C)c4C3)n2)=CC1. The van der Waals surface area contributed by atoms with Gasteiger partial charge in [0, 0.05) is 44.0 Å². The Labute approximate surface area is 201 Å². The van der Waals surface area contributed by atoms with Crippen LogP contribution < -0.4 is 15.5 Å². The molecule has 2 aromatic rings. The first-order chi connectivity index (χ1) is 16.2. The molecule has 0 fully saturated rings. The topological polar surface area (TPSA) is 86.5 Å². The fourth-order valence-electron chi connectivity index (χ4n) is 4.72. The predicted molar refractivity (Wildman–Crippen MR) is 134 cm³/mol. The Bertz CT molecular complexity index is 1090. The molecule has 2 aliphatic rings. The largest absolute Gasteiger partial charge is 0.349 e. The number of halogens is 1. The Morgan fingerprint density at radius 2 is 2.09 bits per heavy atom. The summed E-state index contributed by atoms with van der Waals surface area (Å²) < 4.78 is 16.8. The molecule has 0 saturated heterocycles. The Morgan fingerprint density at radius 3 is 2.74 bits per heavy atom. The summed E-state index contributed by atoms with van der Waals surface area (Å²) in [6.07, 6.45) is 7.72. The summed E-state index contributed by atoms with van der Waals surface area (Å²) in [6.45, 7) is 6.52. The predicted octanol–water partition coefficient (Wildman–Crippen LogP) is 2.67. The van der Waals surface area contributed by atoms with Crippen molar-refractivity contribution in [1.82, 2.24) is 30.0 Å². The minimum absolute atomic E-state index is 0.173. The zero-order valence-corrected chi connectivity index (χ0v) is 21.1. The first-order valence-electron chi connectivity index (χ1n) is 11.9. The van der Waals surface area contributed by atoms with Gasteiger partial charge in [-0.25, -0.2) is 14.4 Å². The maximum atomic E-state index is 14.8. The molecule has 2 aliphatic heterocycles. The van der Waals surface area contributed by atoms with Crippen LogP contribution in [-0.4, -0.2) is 70.6 Å². The number of rotatable bonds is 8. The normalized spacial score (nSPS) is 20.1. The number of nitrogens with one attached hydrogen (secondary N) is 2. The van der Waals surface area contributed by atoms with Crippen LogP contribution in [0.5, 0.6) is 0 Å². The van der Waals surface area contributed by atoms with Gasteiger partial charge in [0.15, 0.2) is 11.6 Å². The molecule has 34 heavy (non-hydrogen) atoms. The van der Waals surface area contributed by atoms with Crippen molar-refractivity contribution in [2.45, 2.75) is 51.1 Å². The van der Waals surface area contributed by atoms with E-state index in [4.69, 9.17) is 0 Å². The van der Waals surface area contributed by atoms with Crippen LogP contribution in [0.15, 0.2) is 23.1 Å². The Kier molecular flexibility index (Phi) is 6.99. The summed E-state index contributed by atoms with van der Waals surface area (Å²) >= 11 is 0. The Balaban J connectivity index is 1.49. The third-order valence-corrected chi connectivity index (χ3v) is 6.67. The first kappa shape index (κ1) is 24.3. The molecule has 0 saturated carbocycles. The zero-order valence-electron chi connectivity index (χ0n) is 21.1. The average Bonchev–Trinajstić information content (AvgIpc) is 3.15. The fourth-order valence-corrected chi connectivity index (χ4v) is 4.72. The number of aliphatic imine (C=N–C) groups is 1. The van der Waals surface area contributed by atoms with Crippen molar-refractivity contribution < 1.29 is 4.39 Å². The molecular formula is C24H36FN9. The van der Waals surface area contributed by atoms with E-state index in [1.54, 1.807) is 0 Å². The molecule has 10 heteroatoms. The van der Waals surface area contributed by atoms with Crippen molar-refractivity contribution in [3.63, 3.8) is 0 Å². The lowest BCUT2D eigenvalue weighted by molar-refractivity contribution is 0.337. The number of aromatic nitrogens is 4. The smallest absolute Gasteiger partial charge is 0.230 e. The molecule has 184 valence electrons. The molecule has 0 amide bonds. The van der Waals surface area contributed by atoms with Crippen LogP contribution in [0.2, 0.25) is 0 Å². The van der Waals surface area contributed by atoms with E-state index in [2.05, 4.69) is 63.5 Å². The van der Waals surface area contributed by atoms with E-state index in [1.807, 2.05) is 36.0 Å². The molecule has 4 heterocycles. The summed E-state index contributed by atoms with van der Waals surface area (Å²) in [7, 11) is 8.07. The molecule has 4 rings (SSSR count). The Morgan fingerprint density at radius 1 is 1.29 bits per heavy atom. The van der Waals surface area contributed by atoms with Gasteiger partial charge in [-0.15, -0.1) is 0 Å². The fraction of sp³-hybridized carbons (Fsp3) is 0.583.